The number of benzene rings is 2. The van der Waals surface area contributed by atoms with E-state index in [-0.39, 0.29) is 12.3 Å². The first-order chi connectivity index (χ1) is 13.6. The van der Waals surface area contributed by atoms with Crippen molar-refractivity contribution in [1.82, 2.24) is 9.97 Å². The molecule has 0 radical (unpaired) electrons. The zero-order valence-corrected chi connectivity index (χ0v) is 17.2. The van der Waals surface area contributed by atoms with E-state index in [1.807, 2.05) is 61.7 Å². The molecule has 1 amide bonds. The number of nitrogens with zero attached hydrogens (tertiary/aromatic N) is 2. The Bertz CT molecular complexity index is 1130. The van der Waals surface area contributed by atoms with Crippen molar-refractivity contribution >= 4 is 43.9 Å². The molecule has 7 heteroatoms. The van der Waals surface area contributed by atoms with Crippen LogP contribution in [0.15, 0.2) is 47.8 Å². The third-order valence-corrected chi connectivity index (χ3v) is 6.04. The van der Waals surface area contributed by atoms with Crippen LogP contribution in [0.4, 0.5) is 5.13 Å². The summed E-state index contributed by atoms with van der Waals surface area (Å²) in [6.45, 7) is 4.57. The Morgan fingerprint density at radius 3 is 2.82 bits per heavy atom. The van der Waals surface area contributed by atoms with Gasteiger partial charge in [0.15, 0.2) is 5.13 Å². The minimum absolute atomic E-state index is 0.119. The summed E-state index contributed by atoms with van der Waals surface area (Å²) >= 11 is 3.00. The van der Waals surface area contributed by atoms with E-state index in [1.165, 1.54) is 22.7 Å². The summed E-state index contributed by atoms with van der Waals surface area (Å²) in [6, 6.07) is 13.8. The molecule has 1 N–H and O–H groups in total. The van der Waals surface area contributed by atoms with Gasteiger partial charge < -0.3 is 10.1 Å². The minimum atomic E-state index is -0.119. The van der Waals surface area contributed by atoms with Crippen molar-refractivity contribution in [2.45, 2.75) is 20.3 Å². The highest BCUT2D eigenvalue weighted by atomic mass is 32.1. The highest BCUT2D eigenvalue weighted by molar-refractivity contribution is 7.22. The molecule has 0 fully saturated rings. The van der Waals surface area contributed by atoms with Crippen molar-refractivity contribution in [3.63, 3.8) is 0 Å². The molecule has 0 bridgehead atoms. The number of anilines is 1. The largest absolute Gasteiger partial charge is 0.493 e. The van der Waals surface area contributed by atoms with E-state index in [0.29, 0.717) is 11.7 Å². The molecule has 4 rings (SSSR count). The van der Waals surface area contributed by atoms with E-state index < -0.39 is 0 Å². The van der Waals surface area contributed by atoms with Gasteiger partial charge in [0.2, 0.25) is 5.91 Å². The first kappa shape index (κ1) is 18.6. The summed E-state index contributed by atoms with van der Waals surface area (Å²) in [7, 11) is 0. The van der Waals surface area contributed by atoms with Gasteiger partial charge in [-0.2, -0.15) is 0 Å². The summed E-state index contributed by atoms with van der Waals surface area (Å²) in [5.74, 6) is 0.687. The fourth-order valence-electron chi connectivity index (χ4n) is 2.90. The fraction of sp³-hybridized carbons (Fsp3) is 0.190. The second-order valence-electron chi connectivity index (χ2n) is 6.24. The number of ether oxygens (including phenoxy) is 1. The van der Waals surface area contributed by atoms with Gasteiger partial charge >= 0.3 is 0 Å². The van der Waals surface area contributed by atoms with E-state index >= 15 is 0 Å². The van der Waals surface area contributed by atoms with Crippen molar-refractivity contribution in [3.05, 3.63) is 59.1 Å². The first-order valence-corrected chi connectivity index (χ1v) is 10.7. The third-order valence-electron chi connectivity index (χ3n) is 4.18. The van der Waals surface area contributed by atoms with E-state index in [4.69, 9.17) is 4.74 Å². The predicted octanol–water partition coefficient (Wildman–Crippen LogP) is 5.31. The van der Waals surface area contributed by atoms with Crippen molar-refractivity contribution in [3.8, 4) is 16.3 Å². The van der Waals surface area contributed by atoms with Crippen molar-refractivity contribution in [2.24, 2.45) is 0 Å². The van der Waals surface area contributed by atoms with Crippen LogP contribution in [-0.4, -0.2) is 22.5 Å². The molecule has 28 heavy (non-hydrogen) atoms. The van der Waals surface area contributed by atoms with Crippen molar-refractivity contribution in [1.29, 1.82) is 0 Å². The summed E-state index contributed by atoms with van der Waals surface area (Å²) in [5.41, 5.74) is 3.72. The number of hydrogen-bond donors (Lipinski definition) is 1. The lowest BCUT2D eigenvalue weighted by molar-refractivity contribution is -0.115. The van der Waals surface area contributed by atoms with Gasteiger partial charge in [0.05, 0.1) is 34.5 Å². The summed E-state index contributed by atoms with van der Waals surface area (Å²) in [5, 5.41) is 6.28. The summed E-state index contributed by atoms with van der Waals surface area (Å²) in [6.07, 6.45) is 0.211. The standard InChI is InChI=1S/C21H19N3O2S2/c1-3-26-16-9-5-4-8-15(16)20-22-14(12-27-20)11-18(25)23-21-24-19-13(2)7-6-10-17(19)28-21/h4-10,12H,3,11H2,1-2H3,(H,23,24,25). The molecule has 0 saturated heterocycles. The molecular formula is C21H19N3O2S2. The van der Waals surface area contributed by atoms with Gasteiger partial charge in [0.25, 0.3) is 0 Å². The average molecular weight is 410 g/mol. The smallest absolute Gasteiger partial charge is 0.232 e. The maximum atomic E-state index is 12.5. The normalized spacial score (nSPS) is 10.9. The minimum Gasteiger partial charge on any atom is -0.493 e. The Balaban J connectivity index is 1.47. The number of rotatable bonds is 6. The van der Waals surface area contributed by atoms with E-state index in [1.54, 1.807) is 0 Å². The number of thiazole rings is 2. The molecule has 0 saturated carbocycles. The Morgan fingerprint density at radius 1 is 1.14 bits per heavy atom. The topological polar surface area (TPSA) is 64.1 Å². The van der Waals surface area contributed by atoms with Crippen LogP contribution in [0, 0.1) is 6.92 Å². The molecule has 0 atom stereocenters. The zero-order valence-electron chi connectivity index (χ0n) is 15.6. The predicted molar refractivity (Wildman–Crippen MR) is 115 cm³/mol. The van der Waals surface area contributed by atoms with Crippen LogP contribution in [0.25, 0.3) is 20.8 Å². The molecule has 0 aliphatic rings. The Morgan fingerprint density at radius 2 is 2.00 bits per heavy atom. The van der Waals surface area contributed by atoms with Gasteiger partial charge in [-0.15, -0.1) is 11.3 Å². The van der Waals surface area contributed by atoms with Gasteiger partial charge in [-0.1, -0.05) is 35.6 Å². The molecule has 142 valence electrons. The highest BCUT2D eigenvalue weighted by Gasteiger charge is 2.14. The van der Waals surface area contributed by atoms with Gasteiger partial charge in [-0.05, 0) is 37.6 Å². The molecular weight excluding hydrogens is 390 g/mol. The second kappa shape index (κ2) is 8.08. The zero-order chi connectivity index (χ0) is 19.5. The lowest BCUT2D eigenvalue weighted by Crippen LogP contribution is -2.14. The molecule has 0 aliphatic heterocycles. The van der Waals surface area contributed by atoms with Crippen LogP contribution in [0.3, 0.4) is 0 Å². The number of aryl methyl sites for hydroxylation is 1. The molecule has 2 heterocycles. The monoisotopic (exact) mass is 409 g/mol. The Labute approximate surface area is 171 Å². The number of carbonyl (C=O) groups is 1. The molecule has 2 aromatic heterocycles. The molecule has 5 nitrogen and oxygen atoms in total. The van der Waals surface area contributed by atoms with Gasteiger partial charge in [-0.25, -0.2) is 9.97 Å². The molecule has 4 aromatic rings. The SMILES string of the molecule is CCOc1ccccc1-c1nc(CC(=O)Nc2nc3c(C)cccc3s2)cs1. The first-order valence-electron chi connectivity index (χ1n) is 8.96. The van der Waals surface area contributed by atoms with Crippen molar-refractivity contribution < 1.29 is 9.53 Å². The second-order valence-corrected chi connectivity index (χ2v) is 8.13. The van der Waals surface area contributed by atoms with Gasteiger partial charge in [0, 0.05) is 5.38 Å². The molecule has 0 spiro atoms. The van der Waals surface area contributed by atoms with Gasteiger partial charge in [0.1, 0.15) is 10.8 Å². The van der Waals surface area contributed by atoms with Crippen LogP contribution in [0.2, 0.25) is 0 Å². The summed E-state index contributed by atoms with van der Waals surface area (Å²) in [4.78, 5) is 21.6. The molecule has 0 unspecified atom stereocenters. The van der Waals surface area contributed by atoms with Gasteiger partial charge in [-0.3, -0.25) is 4.79 Å². The quantitative estimate of drug-likeness (QED) is 0.469. The number of fused-ring (bicyclic) bond motifs is 1. The van der Waals surface area contributed by atoms with Crippen LogP contribution >= 0.6 is 22.7 Å². The van der Waals surface area contributed by atoms with E-state index in [2.05, 4.69) is 15.3 Å². The van der Waals surface area contributed by atoms with Crippen LogP contribution in [0.1, 0.15) is 18.2 Å². The van der Waals surface area contributed by atoms with Crippen LogP contribution in [0.5, 0.6) is 5.75 Å². The Hall–Kier alpha value is -2.77. The average Bonchev–Trinajstić information content (AvgIpc) is 3.30. The lowest BCUT2D eigenvalue weighted by Gasteiger charge is -2.07. The van der Waals surface area contributed by atoms with Crippen LogP contribution < -0.4 is 10.1 Å². The fourth-order valence-corrected chi connectivity index (χ4v) is 4.71. The number of para-hydroxylation sites is 2. The van der Waals surface area contributed by atoms with E-state index in [9.17, 15) is 4.79 Å². The Kier molecular flexibility index (Phi) is 5.36. The summed E-state index contributed by atoms with van der Waals surface area (Å²) < 4.78 is 6.75. The molecule has 2 aromatic carbocycles. The third kappa shape index (κ3) is 3.90. The maximum absolute atomic E-state index is 12.5. The number of carbonyl (C=O) groups excluding carboxylic acids is 1. The highest BCUT2D eigenvalue weighted by Crippen LogP contribution is 2.32. The maximum Gasteiger partial charge on any atom is 0.232 e. The van der Waals surface area contributed by atoms with Crippen molar-refractivity contribution in [2.75, 3.05) is 11.9 Å². The number of nitrogens with one attached hydrogen (secondary N) is 1. The lowest BCUT2D eigenvalue weighted by atomic mass is 10.2. The number of amides is 1. The molecule has 0 aliphatic carbocycles. The van der Waals surface area contributed by atoms with Crippen LogP contribution in [-0.2, 0) is 11.2 Å². The number of hydrogen-bond acceptors (Lipinski definition) is 6. The van der Waals surface area contributed by atoms with E-state index in [0.717, 1.165) is 37.8 Å². The number of aromatic nitrogens is 2.